The van der Waals surface area contributed by atoms with E-state index >= 15 is 0 Å². The summed E-state index contributed by atoms with van der Waals surface area (Å²) in [5.41, 5.74) is 3.82. The molecule has 3 heterocycles. The van der Waals surface area contributed by atoms with Crippen molar-refractivity contribution in [1.29, 1.82) is 0 Å². The molecular formula is C28H38N6O3S. The van der Waals surface area contributed by atoms with Gasteiger partial charge in [0, 0.05) is 54.0 Å². The zero-order valence-corrected chi connectivity index (χ0v) is 24.4. The fourth-order valence-corrected chi connectivity index (χ4v) is 4.61. The van der Waals surface area contributed by atoms with E-state index in [1.54, 1.807) is 31.3 Å². The van der Waals surface area contributed by atoms with Crippen molar-refractivity contribution in [2.24, 2.45) is 7.05 Å². The normalized spacial score (nSPS) is 12.5. The highest BCUT2D eigenvalue weighted by molar-refractivity contribution is 8.29. The van der Waals surface area contributed by atoms with Crippen molar-refractivity contribution in [1.82, 2.24) is 24.7 Å². The van der Waals surface area contributed by atoms with Crippen LogP contribution in [0.4, 0.5) is 11.5 Å². The lowest BCUT2D eigenvalue weighted by atomic mass is 10.2. The predicted molar refractivity (Wildman–Crippen MR) is 156 cm³/mol. The molecule has 204 valence electrons. The lowest BCUT2D eigenvalue weighted by Gasteiger charge is -2.43. The van der Waals surface area contributed by atoms with Gasteiger partial charge in [0.25, 0.3) is 0 Å². The minimum absolute atomic E-state index is 0.109. The molecule has 0 atom stereocenters. The van der Waals surface area contributed by atoms with Crippen LogP contribution in [0.5, 0.6) is 11.5 Å². The summed E-state index contributed by atoms with van der Waals surface area (Å²) in [4.78, 5) is 16.5. The average molecular weight is 539 g/mol. The SMILES string of the molecule is COc1cc(OC)cc(N(CCCOS(C)(C)C(C)(C)C)c2ccc3ncc(-c4cnn(C)c4)nc3n2)c1. The predicted octanol–water partition coefficient (Wildman–Crippen LogP) is 5.77. The van der Waals surface area contributed by atoms with Crippen LogP contribution in [0.2, 0.25) is 0 Å². The molecule has 3 aromatic heterocycles. The van der Waals surface area contributed by atoms with Crippen molar-refractivity contribution in [3.63, 3.8) is 0 Å². The third-order valence-electron chi connectivity index (χ3n) is 6.70. The molecule has 0 radical (unpaired) electrons. The molecule has 0 unspecified atom stereocenters. The second-order valence-electron chi connectivity index (χ2n) is 10.4. The molecule has 4 rings (SSSR count). The molecule has 0 aliphatic rings. The number of nitrogens with zero attached hydrogens (tertiary/aromatic N) is 6. The molecule has 9 nitrogen and oxygen atoms in total. The topological polar surface area (TPSA) is 87.4 Å². The Morgan fingerprint density at radius 1 is 0.974 bits per heavy atom. The van der Waals surface area contributed by atoms with Crippen molar-refractivity contribution in [2.45, 2.75) is 31.9 Å². The van der Waals surface area contributed by atoms with E-state index in [9.17, 15) is 0 Å². The van der Waals surface area contributed by atoms with E-state index in [0.29, 0.717) is 30.3 Å². The number of rotatable bonds is 10. The summed E-state index contributed by atoms with van der Waals surface area (Å²) in [6.07, 6.45) is 10.7. The van der Waals surface area contributed by atoms with Gasteiger partial charge in [-0.1, -0.05) is 20.8 Å². The highest BCUT2D eigenvalue weighted by atomic mass is 32.3. The number of hydrogen-bond acceptors (Lipinski definition) is 8. The number of aromatic nitrogens is 5. The van der Waals surface area contributed by atoms with Gasteiger partial charge in [-0.25, -0.2) is 9.97 Å². The Morgan fingerprint density at radius 3 is 2.29 bits per heavy atom. The molecule has 0 saturated heterocycles. The van der Waals surface area contributed by atoms with E-state index < -0.39 is 10.3 Å². The number of pyridine rings is 1. The first-order chi connectivity index (χ1) is 18.0. The summed E-state index contributed by atoms with van der Waals surface area (Å²) in [6.45, 7) is 8.03. The van der Waals surface area contributed by atoms with E-state index in [-0.39, 0.29) is 4.75 Å². The summed E-state index contributed by atoms with van der Waals surface area (Å²) in [5, 5.41) is 4.25. The third kappa shape index (κ3) is 6.19. The highest BCUT2D eigenvalue weighted by Crippen LogP contribution is 2.53. The van der Waals surface area contributed by atoms with Crippen molar-refractivity contribution in [2.75, 3.05) is 44.8 Å². The summed E-state index contributed by atoms with van der Waals surface area (Å²) in [6, 6.07) is 9.75. The Hall–Kier alpha value is -3.37. The van der Waals surface area contributed by atoms with Gasteiger partial charge in [-0.3, -0.25) is 9.67 Å². The van der Waals surface area contributed by atoms with Gasteiger partial charge in [0.15, 0.2) is 5.65 Å². The van der Waals surface area contributed by atoms with Crippen LogP contribution in [-0.4, -0.2) is 69.4 Å². The molecule has 4 aromatic rings. The molecule has 0 amide bonds. The first-order valence-electron chi connectivity index (χ1n) is 12.5. The van der Waals surface area contributed by atoms with Crippen molar-refractivity contribution in [3.05, 3.63) is 48.9 Å². The maximum atomic E-state index is 6.40. The average Bonchev–Trinajstić information content (AvgIpc) is 3.33. The fraction of sp³-hybridized carbons (Fsp3) is 0.429. The highest BCUT2D eigenvalue weighted by Gasteiger charge is 2.28. The molecule has 0 fully saturated rings. The van der Waals surface area contributed by atoms with Gasteiger partial charge in [-0.2, -0.15) is 5.10 Å². The Morgan fingerprint density at radius 2 is 1.68 bits per heavy atom. The fourth-order valence-electron chi connectivity index (χ4n) is 3.72. The Bertz CT molecular complexity index is 1380. The van der Waals surface area contributed by atoms with Gasteiger partial charge in [0.1, 0.15) is 22.8 Å². The van der Waals surface area contributed by atoms with E-state index in [0.717, 1.165) is 34.7 Å². The van der Waals surface area contributed by atoms with Gasteiger partial charge in [0.2, 0.25) is 0 Å². The van der Waals surface area contributed by atoms with E-state index in [1.807, 2.05) is 43.6 Å². The smallest absolute Gasteiger partial charge is 0.180 e. The molecule has 0 aliphatic heterocycles. The number of hydrogen-bond donors (Lipinski definition) is 0. The van der Waals surface area contributed by atoms with Crippen molar-refractivity contribution < 1.29 is 13.7 Å². The lowest BCUT2D eigenvalue weighted by Crippen LogP contribution is -2.26. The van der Waals surface area contributed by atoms with Gasteiger partial charge < -0.3 is 18.6 Å². The maximum absolute atomic E-state index is 6.40. The maximum Gasteiger partial charge on any atom is 0.180 e. The van der Waals surface area contributed by atoms with Gasteiger partial charge in [-0.15, -0.1) is 10.3 Å². The summed E-state index contributed by atoms with van der Waals surface area (Å²) in [7, 11) is 3.98. The minimum Gasteiger partial charge on any atom is -0.497 e. The van der Waals surface area contributed by atoms with Gasteiger partial charge in [0.05, 0.1) is 38.9 Å². The number of anilines is 2. The Kier molecular flexibility index (Phi) is 8.13. The lowest BCUT2D eigenvalue weighted by molar-refractivity contribution is 0.344. The van der Waals surface area contributed by atoms with Crippen LogP contribution in [0.25, 0.3) is 22.4 Å². The van der Waals surface area contributed by atoms with Gasteiger partial charge in [-0.05, 0) is 31.1 Å². The molecule has 1 aromatic carbocycles. The summed E-state index contributed by atoms with van der Waals surface area (Å²) in [5.74, 6) is 2.17. The van der Waals surface area contributed by atoms with Crippen LogP contribution in [0.15, 0.2) is 48.9 Å². The molecule has 0 saturated carbocycles. The zero-order chi connectivity index (χ0) is 27.5. The first-order valence-corrected chi connectivity index (χ1v) is 14.9. The molecule has 10 heteroatoms. The van der Waals surface area contributed by atoms with Crippen LogP contribution in [0.3, 0.4) is 0 Å². The Balaban J connectivity index is 1.68. The summed E-state index contributed by atoms with van der Waals surface area (Å²) >= 11 is 0. The number of methoxy groups -OCH3 is 2. The largest absolute Gasteiger partial charge is 0.497 e. The van der Waals surface area contributed by atoms with Gasteiger partial charge >= 0.3 is 0 Å². The van der Waals surface area contributed by atoms with E-state index in [4.69, 9.17) is 23.6 Å². The second kappa shape index (κ2) is 11.2. The second-order valence-corrected chi connectivity index (χ2v) is 14.3. The Labute approximate surface area is 226 Å². The minimum atomic E-state index is -1.20. The molecule has 38 heavy (non-hydrogen) atoms. The third-order valence-corrected chi connectivity index (χ3v) is 10.4. The number of benzene rings is 1. The van der Waals surface area contributed by atoms with Crippen molar-refractivity contribution in [3.8, 4) is 22.8 Å². The van der Waals surface area contributed by atoms with E-state index in [2.05, 4.69) is 48.3 Å². The number of aryl methyl sites for hydroxylation is 1. The van der Waals surface area contributed by atoms with E-state index in [1.165, 1.54) is 0 Å². The van der Waals surface area contributed by atoms with Crippen molar-refractivity contribution >= 4 is 33.0 Å². The monoisotopic (exact) mass is 538 g/mol. The number of ether oxygens (including phenoxy) is 2. The standard InChI is InChI=1S/C28H38N6O3S/c1-28(2,3)38(7,8)37-13-9-12-34(21-14-22(35-5)16-23(15-21)36-6)26-11-10-24-27(32-26)31-25(18-29-24)20-17-30-33(4)19-20/h10-11,14-19H,9,12-13H2,1-8H3. The zero-order valence-electron chi connectivity index (χ0n) is 23.6. The summed E-state index contributed by atoms with van der Waals surface area (Å²) < 4.78 is 19.4. The quantitative estimate of drug-likeness (QED) is 0.235. The molecule has 0 N–H and O–H groups in total. The first kappa shape index (κ1) is 27.7. The van der Waals surface area contributed by atoms with Crippen LogP contribution in [-0.2, 0) is 11.2 Å². The van der Waals surface area contributed by atoms with Crippen LogP contribution >= 0.6 is 10.3 Å². The molecule has 0 aliphatic carbocycles. The molecule has 0 bridgehead atoms. The van der Waals surface area contributed by atoms with Crippen LogP contribution in [0.1, 0.15) is 27.2 Å². The molecular weight excluding hydrogens is 500 g/mol. The van der Waals surface area contributed by atoms with Crippen LogP contribution in [0, 0.1) is 0 Å². The number of fused-ring (bicyclic) bond motifs is 1. The van der Waals surface area contributed by atoms with Crippen LogP contribution < -0.4 is 14.4 Å². The molecule has 0 spiro atoms.